The van der Waals surface area contributed by atoms with Crippen LogP contribution in [-0.2, 0) is 14.3 Å². The van der Waals surface area contributed by atoms with Crippen LogP contribution in [0.5, 0.6) is 5.88 Å². The fourth-order valence-corrected chi connectivity index (χ4v) is 7.97. The molecule has 5 heterocycles. The van der Waals surface area contributed by atoms with E-state index >= 15 is 4.39 Å². The Hall–Kier alpha value is -5.28. The molecule has 60 heavy (non-hydrogen) atoms. The number of alkyl halides is 3. The molecule has 1 unspecified atom stereocenters. The van der Waals surface area contributed by atoms with Crippen molar-refractivity contribution in [3.63, 3.8) is 0 Å². The monoisotopic (exact) mass is 832 g/mol. The summed E-state index contributed by atoms with van der Waals surface area (Å²) < 4.78 is 77.7. The number of piperidine rings is 1. The number of pyridine rings is 1. The van der Waals surface area contributed by atoms with Crippen LogP contribution in [0.3, 0.4) is 0 Å². The zero-order valence-electron chi connectivity index (χ0n) is 34.3. The van der Waals surface area contributed by atoms with E-state index in [9.17, 15) is 22.8 Å². The number of hydrogen-bond donors (Lipinski definition) is 0. The van der Waals surface area contributed by atoms with E-state index in [0.29, 0.717) is 80.4 Å². The second-order valence-electron chi connectivity index (χ2n) is 16.5. The number of nitrogens with zero attached hydrogens (tertiary/aromatic N) is 6. The Bertz CT molecular complexity index is 2170. The summed E-state index contributed by atoms with van der Waals surface area (Å²) in [6.07, 6.45) is 2.33. The third kappa shape index (κ3) is 10.9. The number of carbonyl (C=O) groups is 2. The van der Waals surface area contributed by atoms with Gasteiger partial charge in [0.15, 0.2) is 6.23 Å². The van der Waals surface area contributed by atoms with Gasteiger partial charge in [0.1, 0.15) is 11.7 Å². The summed E-state index contributed by atoms with van der Waals surface area (Å²) in [6, 6.07) is 16.7. The zero-order valence-corrected chi connectivity index (χ0v) is 34.3. The van der Waals surface area contributed by atoms with E-state index in [4.69, 9.17) is 14.2 Å². The number of halogens is 4. The van der Waals surface area contributed by atoms with E-state index in [0.717, 1.165) is 32.2 Å². The van der Waals surface area contributed by atoms with Crippen molar-refractivity contribution in [1.29, 1.82) is 0 Å². The molecule has 11 nitrogen and oxygen atoms in total. The summed E-state index contributed by atoms with van der Waals surface area (Å²) in [4.78, 5) is 35.4. The van der Waals surface area contributed by atoms with Crippen molar-refractivity contribution in [2.75, 3.05) is 52.4 Å². The average Bonchev–Trinajstić information content (AvgIpc) is 3.56. The van der Waals surface area contributed by atoms with Crippen LogP contribution in [0.2, 0.25) is 0 Å². The van der Waals surface area contributed by atoms with Gasteiger partial charge < -0.3 is 24.0 Å². The molecular weight excluding hydrogens is 781 g/mol. The predicted molar refractivity (Wildman–Crippen MR) is 219 cm³/mol. The molecule has 3 saturated heterocycles. The van der Waals surface area contributed by atoms with Gasteiger partial charge >= 0.3 is 12.3 Å². The molecule has 15 heteroatoms. The number of piperazine rings is 1. The molecule has 0 bridgehead atoms. The Morgan fingerprint density at radius 1 is 0.883 bits per heavy atom. The molecule has 0 radical (unpaired) electrons. The average molecular weight is 833 g/mol. The maximum absolute atomic E-state index is 15.5. The molecule has 4 aromatic rings. The molecule has 320 valence electrons. The first-order valence-electron chi connectivity index (χ1n) is 20.6. The Morgan fingerprint density at radius 3 is 2.32 bits per heavy atom. The Balaban J connectivity index is 1.05. The fraction of sp³-hybridized carbons (Fsp3) is 0.467. The molecule has 3 aliphatic heterocycles. The van der Waals surface area contributed by atoms with E-state index < -0.39 is 30.4 Å². The van der Waals surface area contributed by atoms with Gasteiger partial charge in [0.2, 0.25) is 17.7 Å². The van der Waals surface area contributed by atoms with Gasteiger partial charge in [-0.05, 0) is 99.9 Å². The van der Waals surface area contributed by atoms with E-state index in [1.54, 1.807) is 76.5 Å². The molecule has 3 aliphatic rings. The third-order valence-corrected chi connectivity index (χ3v) is 10.8. The topological polar surface area (TPSA) is 102 Å². The zero-order chi connectivity index (χ0) is 42.4. The molecule has 2 aromatic carbocycles. The number of ether oxygens (including phenoxy) is 3. The van der Waals surface area contributed by atoms with Crippen LogP contribution in [-0.4, -0.2) is 112 Å². The summed E-state index contributed by atoms with van der Waals surface area (Å²) in [7, 11) is 0. The van der Waals surface area contributed by atoms with Crippen LogP contribution in [0, 0.1) is 5.95 Å². The molecule has 2 atom stereocenters. The largest absolute Gasteiger partial charge is 0.473 e. The SMILES string of the molecule is CC(C)(C)OC(=O)N1CCN(C(=O)/C=C/CN2CCC[C@@H](Oc3ccc(/C(=C(/CC(F)(F)F)c4ccccc4)c4ccc5c(c4)c(F)nn5C4CCCCO4)cn3)C2)CC1. The lowest BCUT2D eigenvalue weighted by molar-refractivity contribution is -0.127. The number of fused-ring (bicyclic) bond motifs is 1. The summed E-state index contributed by atoms with van der Waals surface area (Å²) in [6.45, 7) is 9.65. The smallest absolute Gasteiger partial charge is 0.410 e. The predicted octanol–water partition coefficient (Wildman–Crippen LogP) is 8.66. The number of amides is 2. The summed E-state index contributed by atoms with van der Waals surface area (Å²) in [5.41, 5.74) is 1.41. The highest BCUT2D eigenvalue weighted by Crippen LogP contribution is 2.41. The highest BCUT2D eigenvalue weighted by Gasteiger charge is 2.33. The summed E-state index contributed by atoms with van der Waals surface area (Å²) in [5.74, 6) is -0.507. The normalized spacial score (nSPS) is 20.1. The number of likely N-dealkylation sites (tertiary alicyclic amines) is 1. The highest BCUT2D eigenvalue weighted by molar-refractivity contribution is 6.00. The van der Waals surface area contributed by atoms with Crippen molar-refractivity contribution in [1.82, 2.24) is 29.5 Å². The number of aromatic nitrogens is 3. The van der Waals surface area contributed by atoms with E-state index in [1.165, 1.54) is 10.9 Å². The van der Waals surface area contributed by atoms with Gasteiger partial charge in [-0.25, -0.2) is 14.5 Å². The van der Waals surface area contributed by atoms with Crippen molar-refractivity contribution in [2.24, 2.45) is 0 Å². The lowest BCUT2D eigenvalue weighted by atomic mass is 9.88. The summed E-state index contributed by atoms with van der Waals surface area (Å²) >= 11 is 0. The Kier molecular flexibility index (Phi) is 13.2. The third-order valence-electron chi connectivity index (χ3n) is 10.8. The van der Waals surface area contributed by atoms with Gasteiger partial charge in [0.25, 0.3) is 0 Å². The highest BCUT2D eigenvalue weighted by atomic mass is 19.4. The van der Waals surface area contributed by atoms with Crippen molar-refractivity contribution in [3.05, 3.63) is 102 Å². The maximum Gasteiger partial charge on any atom is 0.410 e. The van der Waals surface area contributed by atoms with Gasteiger partial charge in [-0.2, -0.15) is 17.6 Å². The molecule has 0 N–H and O–H groups in total. The minimum absolute atomic E-state index is 0.0267. The Labute approximate surface area is 347 Å². The molecule has 2 amide bonds. The first-order chi connectivity index (χ1) is 28.7. The van der Waals surface area contributed by atoms with Crippen LogP contribution >= 0.6 is 0 Å². The number of benzene rings is 2. The quantitative estimate of drug-likeness (QED) is 0.0890. The second-order valence-corrected chi connectivity index (χ2v) is 16.5. The van der Waals surface area contributed by atoms with Crippen LogP contribution in [0.4, 0.5) is 22.4 Å². The Morgan fingerprint density at radius 2 is 1.63 bits per heavy atom. The van der Waals surface area contributed by atoms with Gasteiger partial charge in [-0.1, -0.05) is 42.5 Å². The number of carbonyl (C=O) groups excluding carboxylic acids is 2. The number of allylic oxidation sites excluding steroid dienone is 1. The molecule has 2 aromatic heterocycles. The van der Waals surface area contributed by atoms with Gasteiger partial charge in [-0.3, -0.25) is 9.69 Å². The molecule has 3 fully saturated rings. The molecule has 0 saturated carbocycles. The molecular formula is C45H52F4N6O5. The number of rotatable bonds is 10. The standard InChI is InChI=1S/C45H52F4N6O5/c1-44(2,3)60-43(57)54-24-22-53(23-25-54)39(56)14-10-21-52-20-9-13-34(30-52)59-38-19-17-33(29-50-38)41(36(28-45(47,48)49)31-11-5-4-6-12-31)32-16-18-37-35(27-32)42(46)51-55(37)40-15-7-8-26-58-40/h4-6,10-12,14,16-19,27,29,34,40H,7-9,13,15,20-26,28,30H2,1-3H3/b14-10+,41-36-/t34-,40?/m1/s1. The fourth-order valence-electron chi connectivity index (χ4n) is 7.97. The lowest BCUT2D eigenvalue weighted by Crippen LogP contribution is -2.51. The van der Waals surface area contributed by atoms with Crippen molar-refractivity contribution < 1.29 is 41.4 Å². The van der Waals surface area contributed by atoms with Gasteiger partial charge in [0, 0.05) is 69.8 Å². The van der Waals surface area contributed by atoms with Crippen LogP contribution in [0.25, 0.3) is 22.0 Å². The summed E-state index contributed by atoms with van der Waals surface area (Å²) in [5, 5.41) is 4.33. The van der Waals surface area contributed by atoms with Gasteiger partial charge in [-0.15, -0.1) is 5.10 Å². The van der Waals surface area contributed by atoms with E-state index in [-0.39, 0.29) is 34.6 Å². The molecule has 0 aliphatic carbocycles. The van der Waals surface area contributed by atoms with E-state index in [2.05, 4.69) is 15.0 Å². The maximum atomic E-state index is 15.5. The van der Waals surface area contributed by atoms with Crippen molar-refractivity contribution >= 4 is 34.0 Å². The first kappa shape index (κ1) is 42.8. The van der Waals surface area contributed by atoms with Crippen molar-refractivity contribution in [3.8, 4) is 5.88 Å². The molecule has 0 spiro atoms. The lowest BCUT2D eigenvalue weighted by Gasteiger charge is -2.35. The first-order valence-corrected chi connectivity index (χ1v) is 20.6. The molecule has 7 rings (SSSR count). The minimum atomic E-state index is -4.54. The van der Waals surface area contributed by atoms with Crippen molar-refractivity contribution in [2.45, 2.75) is 83.4 Å². The second kappa shape index (κ2) is 18.5. The van der Waals surface area contributed by atoms with Crippen LogP contribution in [0.1, 0.15) is 82.2 Å². The van der Waals surface area contributed by atoms with E-state index in [1.807, 2.05) is 26.8 Å². The minimum Gasteiger partial charge on any atom is -0.473 e. The van der Waals surface area contributed by atoms with Gasteiger partial charge in [0.05, 0.1) is 17.3 Å². The number of hydrogen-bond acceptors (Lipinski definition) is 8. The van der Waals surface area contributed by atoms with Crippen LogP contribution < -0.4 is 4.74 Å². The van der Waals surface area contributed by atoms with Crippen LogP contribution in [0.15, 0.2) is 79.0 Å².